The van der Waals surface area contributed by atoms with Gasteiger partial charge in [-0.2, -0.15) is 0 Å². The number of rotatable bonds is 6. The number of halogens is 1. The zero-order valence-corrected chi connectivity index (χ0v) is 18.1. The van der Waals surface area contributed by atoms with Crippen molar-refractivity contribution in [2.45, 2.75) is 20.3 Å². The number of nitrogens with zero attached hydrogens (tertiary/aromatic N) is 1. The lowest BCUT2D eigenvalue weighted by atomic mass is 10.1. The summed E-state index contributed by atoms with van der Waals surface area (Å²) in [5, 5.41) is 5.34. The average molecular weight is 447 g/mol. The predicted octanol–water partition coefficient (Wildman–Crippen LogP) is 2.72. The van der Waals surface area contributed by atoms with Gasteiger partial charge in [-0.15, -0.1) is 11.3 Å². The first-order valence-corrected chi connectivity index (χ1v) is 10.5. The summed E-state index contributed by atoms with van der Waals surface area (Å²) in [7, 11) is 1.46. The van der Waals surface area contributed by atoms with Crippen molar-refractivity contribution < 1.29 is 28.3 Å². The number of carbonyl (C=O) groups excluding carboxylic acids is 4. The van der Waals surface area contributed by atoms with Crippen LogP contribution in [0, 0.1) is 18.7 Å². The number of para-hydroxylation sites is 1. The fourth-order valence-electron chi connectivity index (χ4n) is 3.38. The molecule has 10 heteroatoms. The highest BCUT2D eigenvalue weighted by molar-refractivity contribution is 7.18. The summed E-state index contributed by atoms with van der Waals surface area (Å²) in [6.45, 7) is 3.39. The lowest BCUT2D eigenvalue weighted by Crippen LogP contribution is -2.28. The number of esters is 1. The fraction of sp³-hybridized carbons (Fsp3) is 0.333. The van der Waals surface area contributed by atoms with E-state index >= 15 is 0 Å². The molecule has 2 aromatic rings. The molecule has 8 nitrogen and oxygen atoms in total. The number of anilines is 2. The van der Waals surface area contributed by atoms with Crippen LogP contribution in [0.25, 0.3) is 0 Å². The Morgan fingerprint density at radius 1 is 1.29 bits per heavy atom. The number of carbonyl (C=O) groups is 4. The Morgan fingerprint density at radius 3 is 2.65 bits per heavy atom. The topological polar surface area (TPSA) is 105 Å². The Hall–Kier alpha value is -3.27. The molecule has 3 amide bonds. The molecule has 0 saturated carbocycles. The highest BCUT2D eigenvalue weighted by Gasteiger charge is 2.37. The Morgan fingerprint density at radius 2 is 2.00 bits per heavy atom. The van der Waals surface area contributed by atoms with Gasteiger partial charge in [-0.3, -0.25) is 14.4 Å². The first-order chi connectivity index (χ1) is 14.8. The van der Waals surface area contributed by atoms with Gasteiger partial charge in [0.1, 0.15) is 10.8 Å². The third kappa shape index (κ3) is 4.43. The molecule has 1 saturated heterocycles. The van der Waals surface area contributed by atoms with Crippen LogP contribution in [0.4, 0.5) is 15.1 Å². The quantitative estimate of drug-likeness (QED) is 0.663. The van der Waals surface area contributed by atoms with Gasteiger partial charge in [0.2, 0.25) is 11.8 Å². The monoisotopic (exact) mass is 447 g/mol. The molecule has 3 rings (SSSR count). The maximum absolute atomic E-state index is 14.1. The molecule has 0 radical (unpaired) electrons. The van der Waals surface area contributed by atoms with E-state index in [9.17, 15) is 23.6 Å². The van der Waals surface area contributed by atoms with E-state index in [0.717, 1.165) is 11.3 Å². The van der Waals surface area contributed by atoms with Gasteiger partial charge in [-0.05, 0) is 31.5 Å². The number of hydrogen-bond acceptors (Lipinski definition) is 6. The summed E-state index contributed by atoms with van der Waals surface area (Å²) in [4.78, 5) is 51.4. The number of thiophene rings is 1. The van der Waals surface area contributed by atoms with E-state index in [1.54, 1.807) is 19.9 Å². The van der Waals surface area contributed by atoms with Crippen LogP contribution in [0.3, 0.4) is 0 Å². The Kier molecular flexibility index (Phi) is 6.69. The van der Waals surface area contributed by atoms with Gasteiger partial charge in [-0.1, -0.05) is 12.1 Å². The van der Waals surface area contributed by atoms with Gasteiger partial charge in [-0.25, -0.2) is 9.18 Å². The van der Waals surface area contributed by atoms with Crippen molar-refractivity contribution in [2.75, 3.05) is 30.4 Å². The van der Waals surface area contributed by atoms with E-state index in [0.29, 0.717) is 5.56 Å². The molecule has 0 bridgehead atoms. The Bertz CT molecular complexity index is 1050. The predicted molar refractivity (Wildman–Crippen MR) is 114 cm³/mol. The molecule has 1 fully saturated rings. The second-order valence-corrected chi connectivity index (χ2v) is 7.93. The van der Waals surface area contributed by atoms with Crippen LogP contribution in [-0.2, 0) is 14.3 Å². The van der Waals surface area contributed by atoms with Crippen molar-refractivity contribution in [2.24, 2.45) is 5.92 Å². The number of ether oxygens (including phenoxy) is 1. The molecule has 1 aliphatic rings. The number of hydrogen-bond donors (Lipinski definition) is 2. The summed E-state index contributed by atoms with van der Waals surface area (Å²) in [6, 6.07) is 5.85. The molecule has 164 valence electrons. The lowest BCUT2D eigenvalue weighted by Gasteiger charge is -2.17. The Labute approximate surface area is 182 Å². The molecule has 1 aliphatic heterocycles. The van der Waals surface area contributed by atoms with Gasteiger partial charge >= 0.3 is 5.97 Å². The smallest absolute Gasteiger partial charge is 0.341 e. The SMILES string of the molecule is CCOC(=O)c1c(NC(=O)[C@H]2CC(=O)N(c3ccccc3F)C2)sc(C(=O)NC)c1C. The summed E-state index contributed by atoms with van der Waals surface area (Å²) >= 11 is 0.957. The largest absolute Gasteiger partial charge is 0.462 e. The summed E-state index contributed by atoms with van der Waals surface area (Å²) < 4.78 is 19.1. The minimum atomic E-state index is -0.743. The maximum Gasteiger partial charge on any atom is 0.341 e. The van der Waals surface area contributed by atoms with Crippen molar-refractivity contribution in [3.05, 3.63) is 46.1 Å². The molecule has 0 aliphatic carbocycles. The van der Waals surface area contributed by atoms with Gasteiger partial charge < -0.3 is 20.3 Å². The first-order valence-electron chi connectivity index (χ1n) is 9.66. The van der Waals surface area contributed by atoms with Crippen LogP contribution >= 0.6 is 11.3 Å². The van der Waals surface area contributed by atoms with Crippen molar-refractivity contribution in [1.82, 2.24) is 5.32 Å². The average Bonchev–Trinajstić information content (AvgIpc) is 3.28. The summed E-state index contributed by atoms with van der Waals surface area (Å²) in [6.07, 6.45) is -0.0957. The highest BCUT2D eigenvalue weighted by Crippen LogP contribution is 2.35. The van der Waals surface area contributed by atoms with Gasteiger partial charge in [0, 0.05) is 20.0 Å². The second kappa shape index (κ2) is 9.25. The van der Waals surface area contributed by atoms with E-state index in [-0.39, 0.29) is 46.6 Å². The third-order valence-corrected chi connectivity index (χ3v) is 6.14. The molecule has 0 spiro atoms. The van der Waals surface area contributed by atoms with Crippen LogP contribution in [-0.4, -0.2) is 43.9 Å². The molecule has 1 atom stereocenters. The Balaban J connectivity index is 1.84. The van der Waals surface area contributed by atoms with Crippen LogP contribution in [0.2, 0.25) is 0 Å². The fourth-order valence-corrected chi connectivity index (χ4v) is 4.53. The summed E-state index contributed by atoms with van der Waals surface area (Å²) in [5.41, 5.74) is 0.617. The molecule has 1 aromatic carbocycles. The van der Waals surface area contributed by atoms with Crippen molar-refractivity contribution in [3.63, 3.8) is 0 Å². The number of amides is 3. The van der Waals surface area contributed by atoms with E-state index in [2.05, 4.69) is 10.6 Å². The van der Waals surface area contributed by atoms with Crippen LogP contribution in [0.5, 0.6) is 0 Å². The number of nitrogens with one attached hydrogen (secondary N) is 2. The first kappa shape index (κ1) is 22.4. The number of benzene rings is 1. The van der Waals surface area contributed by atoms with Crippen LogP contribution in [0.15, 0.2) is 24.3 Å². The van der Waals surface area contributed by atoms with Gasteiger partial charge in [0.05, 0.1) is 28.7 Å². The van der Waals surface area contributed by atoms with Gasteiger partial charge in [0.15, 0.2) is 0 Å². The standard InChI is InChI=1S/C21H22FN3O5S/c1-4-30-21(29)16-11(2)17(19(28)23-3)31-20(16)24-18(27)12-9-15(26)25(10-12)14-8-6-5-7-13(14)22/h5-8,12H,4,9-10H2,1-3H3,(H,23,28)(H,24,27)/t12-/m0/s1. The van der Waals surface area contributed by atoms with E-state index in [1.165, 1.54) is 30.1 Å². The van der Waals surface area contributed by atoms with E-state index in [4.69, 9.17) is 4.74 Å². The normalized spacial score (nSPS) is 15.7. The van der Waals surface area contributed by atoms with Crippen LogP contribution in [0.1, 0.15) is 38.9 Å². The molecule has 2 N–H and O–H groups in total. The van der Waals surface area contributed by atoms with Crippen molar-refractivity contribution in [3.8, 4) is 0 Å². The van der Waals surface area contributed by atoms with Crippen molar-refractivity contribution >= 4 is 45.7 Å². The molecule has 1 aromatic heterocycles. The summed E-state index contributed by atoms with van der Waals surface area (Å²) in [5.74, 6) is -3.21. The van der Waals surface area contributed by atoms with E-state index in [1.807, 2.05) is 0 Å². The molecule has 31 heavy (non-hydrogen) atoms. The maximum atomic E-state index is 14.1. The second-order valence-electron chi connectivity index (χ2n) is 6.91. The minimum Gasteiger partial charge on any atom is -0.462 e. The zero-order valence-electron chi connectivity index (χ0n) is 17.3. The lowest BCUT2D eigenvalue weighted by molar-refractivity contribution is -0.122. The third-order valence-electron chi connectivity index (χ3n) is 4.94. The van der Waals surface area contributed by atoms with Crippen LogP contribution < -0.4 is 15.5 Å². The molecular weight excluding hydrogens is 425 g/mol. The molecule has 2 heterocycles. The van der Waals surface area contributed by atoms with Gasteiger partial charge in [0.25, 0.3) is 5.91 Å². The molecular formula is C21H22FN3O5S. The highest BCUT2D eigenvalue weighted by atomic mass is 32.1. The van der Waals surface area contributed by atoms with E-state index < -0.39 is 29.5 Å². The van der Waals surface area contributed by atoms with Crippen molar-refractivity contribution in [1.29, 1.82) is 0 Å². The zero-order chi connectivity index (χ0) is 22.7. The minimum absolute atomic E-state index is 0.00694. The molecule has 0 unspecified atom stereocenters.